The van der Waals surface area contributed by atoms with Gasteiger partial charge in [0.1, 0.15) is 17.7 Å². The highest BCUT2D eigenvalue weighted by Crippen LogP contribution is 2.37. The third-order valence-electron chi connectivity index (χ3n) is 17.1. The molecule has 3 fully saturated rings. The van der Waals surface area contributed by atoms with Gasteiger partial charge in [0, 0.05) is 103 Å². The Balaban J connectivity index is 0.694. The Morgan fingerprint density at radius 3 is 2.20 bits per heavy atom. The molecule has 0 bridgehead atoms. The average molecular weight is 1250 g/mol. The second-order valence-corrected chi connectivity index (χ2v) is 25.0. The molecule has 5 N–H and O–H groups in total. The van der Waals surface area contributed by atoms with Crippen LogP contribution < -0.4 is 26.4 Å². The van der Waals surface area contributed by atoms with Crippen molar-refractivity contribution in [3.05, 3.63) is 140 Å². The minimum absolute atomic E-state index is 0.00753. The Kier molecular flexibility index (Phi) is 22.3. The fraction of sp³-hybridized carbons (Fsp3) is 0.485. The lowest BCUT2D eigenvalue weighted by Crippen LogP contribution is -2.49. The van der Waals surface area contributed by atoms with E-state index in [2.05, 4.69) is 51.8 Å². The van der Waals surface area contributed by atoms with Gasteiger partial charge >= 0.3 is 6.18 Å². The summed E-state index contributed by atoms with van der Waals surface area (Å²) in [7, 11) is 2.02. The number of hydrogen-bond donors (Lipinski definition) is 5. The molecule has 3 saturated heterocycles. The number of likely N-dealkylation sites (N-methyl/N-ethyl adjacent to an activating group) is 1. The van der Waals surface area contributed by atoms with Gasteiger partial charge in [-0.2, -0.15) is 13.2 Å². The van der Waals surface area contributed by atoms with Gasteiger partial charge in [-0.3, -0.25) is 33.7 Å². The number of H-pyrrole nitrogens is 1. The summed E-state index contributed by atoms with van der Waals surface area (Å²) in [5, 5.41) is 23.7. The monoisotopic (exact) mass is 1250 g/mol. The van der Waals surface area contributed by atoms with Crippen LogP contribution in [-0.4, -0.2) is 154 Å². The molecule has 0 radical (unpaired) electrons. The first-order valence-electron chi connectivity index (χ1n) is 31.0. The molecule has 6 heterocycles. The number of pyridine rings is 1. The molecule has 0 unspecified atom stereocenters. The Labute approximate surface area is 521 Å². The van der Waals surface area contributed by atoms with E-state index < -0.39 is 58.8 Å². The van der Waals surface area contributed by atoms with Crippen molar-refractivity contribution >= 4 is 52.2 Å². The molecule has 0 saturated carbocycles. The van der Waals surface area contributed by atoms with Crippen LogP contribution in [0.5, 0.6) is 0 Å². The Bertz CT molecular complexity index is 3460. The van der Waals surface area contributed by atoms with Crippen LogP contribution in [0.4, 0.5) is 24.5 Å². The lowest BCUT2D eigenvalue weighted by molar-refractivity contribution is -0.141. The zero-order valence-corrected chi connectivity index (χ0v) is 52.2. The van der Waals surface area contributed by atoms with E-state index in [4.69, 9.17) is 4.52 Å². The number of aliphatic hydroxyl groups excluding tert-OH is 1. The summed E-state index contributed by atoms with van der Waals surface area (Å²) in [6, 6.07) is 21.8. The highest BCUT2D eigenvalue weighted by Gasteiger charge is 2.44. The van der Waals surface area contributed by atoms with Crippen LogP contribution in [0.3, 0.4) is 0 Å². The number of aliphatic hydroxyl groups is 1. The van der Waals surface area contributed by atoms with Gasteiger partial charge < -0.3 is 50.2 Å². The fourth-order valence-electron chi connectivity index (χ4n) is 12.1. The van der Waals surface area contributed by atoms with Crippen LogP contribution in [0.2, 0.25) is 0 Å². The molecule has 5 amide bonds. The molecule has 9 rings (SSSR count). The van der Waals surface area contributed by atoms with E-state index in [9.17, 15) is 47.0 Å². The summed E-state index contributed by atoms with van der Waals surface area (Å²) in [5.74, 6) is -2.30. The van der Waals surface area contributed by atoms with E-state index in [1.807, 2.05) is 87.3 Å². The van der Waals surface area contributed by atoms with Crippen molar-refractivity contribution in [3.8, 4) is 21.6 Å². The number of aromatic nitrogens is 3. The van der Waals surface area contributed by atoms with E-state index in [-0.39, 0.29) is 43.0 Å². The normalized spacial score (nSPS) is 17.4. The number of amides is 5. The summed E-state index contributed by atoms with van der Waals surface area (Å²) >= 11 is 1.53. The second kappa shape index (κ2) is 30.2. The number of β-amino-alcohol motifs (C(OH)–C–C–N with tert-alkyl or cyclic N) is 1. The van der Waals surface area contributed by atoms with E-state index in [0.29, 0.717) is 74.6 Å². The number of anilines is 2. The minimum Gasteiger partial charge on any atom is -0.391 e. The predicted octanol–water partition coefficient (Wildman–Crippen LogP) is 9.32. The number of halogens is 3. The Morgan fingerprint density at radius 1 is 0.831 bits per heavy atom. The highest BCUT2D eigenvalue weighted by molar-refractivity contribution is 7.13. The maximum Gasteiger partial charge on any atom is 0.417 e. The predicted molar refractivity (Wildman–Crippen MR) is 336 cm³/mol. The van der Waals surface area contributed by atoms with Gasteiger partial charge in [-0.25, -0.2) is 4.98 Å². The number of alkyl halides is 3. The minimum atomic E-state index is -4.91. The van der Waals surface area contributed by atoms with E-state index in [1.165, 1.54) is 16.2 Å². The van der Waals surface area contributed by atoms with E-state index in [1.54, 1.807) is 24.6 Å². The van der Waals surface area contributed by atoms with Gasteiger partial charge in [-0.05, 0) is 85.7 Å². The topological polar surface area (TPSA) is 230 Å². The lowest BCUT2D eigenvalue weighted by atomic mass is 9.91. The summed E-state index contributed by atoms with van der Waals surface area (Å²) in [5.41, 5.74) is 5.82. The molecular formula is C66H82F3N11O8S. The van der Waals surface area contributed by atoms with Crippen LogP contribution in [0, 0.1) is 19.8 Å². The van der Waals surface area contributed by atoms with Crippen molar-refractivity contribution in [2.75, 3.05) is 82.7 Å². The Hall–Kier alpha value is -7.73. The summed E-state index contributed by atoms with van der Waals surface area (Å²) < 4.78 is 47.5. The number of unbranched alkanes of at least 4 members (excludes halogenated alkanes) is 6. The zero-order chi connectivity index (χ0) is 63.4. The van der Waals surface area contributed by atoms with Gasteiger partial charge in [-0.15, -0.1) is 11.3 Å². The molecule has 0 aliphatic carbocycles. The second-order valence-electron chi connectivity index (χ2n) is 24.2. The molecule has 3 aromatic carbocycles. The van der Waals surface area contributed by atoms with Crippen LogP contribution in [-0.2, 0) is 31.9 Å². The van der Waals surface area contributed by atoms with Crippen LogP contribution >= 0.6 is 11.3 Å². The molecule has 3 aliphatic rings. The molecule has 476 valence electrons. The molecule has 0 spiro atoms. The maximum atomic E-state index is 14.2. The number of nitrogens with zero attached hydrogens (tertiary/aromatic N) is 7. The SMILES string of the molecule is Cc1cc([C@H](C(=O)N2C[C@H](O)C[C@H]2C(=O)N[C@@H](CC(=O)NCCCCCCCCCC(=O)N2CCN(Cc3cccc(-c4ccc(N5CCN(C)CC5)c(NC(=O)c5c[nH]c(=O)cc5C(F)(F)F)c4)c3)CC2)c2ccc(-c3scnc3C)cc2)C(C)C)on1. The van der Waals surface area contributed by atoms with E-state index >= 15 is 0 Å². The summed E-state index contributed by atoms with van der Waals surface area (Å²) in [6.45, 7) is 14.2. The van der Waals surface area contributed by atoms with Gasteiger partial charge in [0.2, 0.25) is 29.2 Å². The van der Waals surface area contributed by atoms with Crippen molar-refractivity contribution in [2.24, 2.45) is 5.92 Å². The number of nitrogens with one attached hydrogen (secondary N) is 4. The van der Waals surface area contributed by atoms with Gasteiger partial charge in [0.05, 0.1) is 62.8 Å². The number of piperazine rings is 2. The number of aryl methyl sites for hydroxylation is 2. The number of thiazole rings is 1. The smallest absolute Gasteiger partial charge is 0.391 e. The Morgan fingerprint density at radius 2 is 1.53 bits per heavy atom. The molecule has 19 nitrogen and oxygen atoms in total. The third kappa shape index (κ3) is 17.4. The van der Waals surface area contributed by atoms with Crippen molar-refractivity contribution in [2.45, 2.75) is 129 Å². The number of hydrogen-bond acceptors (Lipinski definition) is 14. The van der Waals surface area contributed by atoms with Gasteiger partial charge in [0.15, 0.2) is 0 Å². The fourth-order valence-corrected chi connectivity index (χ4v) is 12.9. The first kappa shape index (κ1) is 65.7. The number of benzene rings is 3. The van der Waals surface area contributed by atoms with Crippen molar-refractivity contribution in [1.29, 1.82) is 0 Å². The summed E-state index contributed by atoms with van der Waals surface area (Å²) in [4.78, 5) is 98.2. The molecule has 6 aromatic rings. The molecular weight excluding hydrogens is 1160 g/mol. The van der Waals surface area contributed by atoms with Crippen LogP contribution in [0.1, 0.15) is 134 Å². The van der Waals surface area contributed by atoms with Gasteiger partial charge in [-0.1, -0.05) is 99.6 Å². The maximum absolute atomic E-state index is 14.2. The first-order chi connectivity index (χ1) is 42.7. The average Bonchev–Trinajstić information content (AvgIpc) is 2.06. The molecule has 3 aliphatic heterocycles. The number of aromatic amines is 1. The first-order valence-corrected chi connectivity index (χ1v) is 31.8. The van der Waals surface area contributed by atoms with Crippen molar-refractivity contribution in [1.82, 2.24) is 45.4 Å². The number of rotatable bonds is 25. The lowest BCUT2D eigenvalue weighted by Gasteiger charge is -2.35. The highest BCUT2D eigenvalue weighted by atomic mass is 32.1. The van der Waals surface area contributed by atoms with E-state index in [0.717, 1.165) is 116 Å². The number of likely N-dealkylation sites (tertiary alicyclic amines) is 1. The quantitative estimate of drug-likeness (QED) is 0.0337. The number of carbonyl (C=O) groups excluding carboxylic acids is 5. The largest absolute Gasteiger partial charge is 0.417 e. The van der Waals surface area contributed by atoms with Crippen molar-refractivity contribution < 1.29 is 46.8 Å². The molecule has 4 atom stereocenters. The molecule has 89 heavy (non-hydrogen) atoms. The standard InChI is InChI=1S/C66H82F3N11O8S/c1-42(2)61(57-32-43(3)75-88-57)65(87)80-40-50(81)35-56(80)64(86)73-53(46-17-19-47(20-18-46)62-44(4)72-41-89-62)37-59(83)70-23-12-10-8-6-7-9-11-16-60(84)79-30-26-77(27-31-79)39-45-14-13-15-48(33-45)49-21-22-55(78-28-24-76(5)25-29-78)54(34-49)74-63(85)51-38-71-58(82)36-52(51)66(67,68)69/h13-15,17-22,32-34,36,38,41-42,50,53,56,61,81H,6-12,16,23-31,35,37,39-40H2,1-5H3,(H,70,83)(H,71,82)(H,73,86)(H,74,85)/t50-,53+,56+,61-/m1/s1. The van der Waals surface area contributed by atoms with Gasteiger partial charge in [0.25, 0.3) is 5.91 Å². The zero-order valence-electron chi connectivity index (χ0n) is 51.4. The van der Waals surface area contributed by atoms with Crippen molar-refractivity contribution in [3.63, 3.8) is 0 Å². The molecule has 3 aromatic heterocycles. The van der Waals surface area contributed by atoms with Crippen LogP contribution in [0.25, 0.3) is 21.6 Å². The molecule has 23 heteroatoms. The van der Waals surface area contributed by atoms with Crippen LogP contribution in [0.15, 0.2) is 99.9 Å². The third-order valence-corrected chi connectivity index (χ3v) is 18.1. The number of carbonyl (C=O) groups is 5. The summed E-state index contributed by atoms with van der Waals surface area (Å²) in [6.07, 6.45) is 2.00.